The van der Waals surface area contributed by atoms with Crippen molar-refractivity contribution in [3.8, 4) is 17.0 Å². The predicted octanol–water partition coefficient (Wildman–Crippen LogP) is 4.16. The molecule has 0 N–H and O–H groups in total. The number of sulfone groups is 1. The predicted molar refractivity (Wildman–Crippen MR) is 110 cm³/mol. The van der Waals surface area contributed by atoms with Crippen LogP contribution >= 0.6 is 0 Å². The first-order valence-corrected chi connectivity index (χ1v) is 10.7. The van der Waals surface area contributed by atoms with Crippen LogP contribution in [0.1, 0.15) is 5.56 Å². The maximum Gasteiger partial charge on any atom is 0.212 e. The van der Waals surface area contributed by atoms with Crippen LogP contribution in [0.5, 0.6) is 5.88 Å². The van der Waals surface area contributed by atoms with Crippen LogP contribution in [-0.4, -0.2) is 31.3 Å². The molecule has 0 aliphatic carbocycles. The van der Waals surface area contributed by atoms with Crippen molar-refractivity contribution >= 4 is 20.7 Å². The Balaban J connectivity index is 1.78. The molecule has 142 valence electrons. The molecule has 4 aromatic rings. The van der Waals surface area contributed by atoms with Gasteiger partial charge in [0.25, 0.3) is 0 Å². The molecule has 4 rings (SSSR count). The highest BCUT2D eigenvalue weighted by Gasteiger charge is 2.12. The molecule has 6 heteroatoms. The zero-order valence-corrected chi connectivity index (χ0v) is 16.5. The summed E-state index contributed by atoms with van der Waals surface area (Å²) in [5.41, 5.74) is 4.09. The van der Waals surface area contributed by atoms with Gasteiger partial charge in [0, 0.05) is 53.3 Å². The number of nitrogens with zero attached hydrogens (tertiary/aromatic N) is 2. The van der Waals surface area contributed by atoms with Crippen molar-refractivity contribution < 1.29 is 13.2 Å². The zero-order chi connectivity index (χ0) is 19.7. The van der Waals surface area contributed by atoms with Crippen LogP contribution in [0, 0.1) is 0 Å². The lowest BCUT2D eigenvalue weighted by Crippen LogP contribution is -2.01. The highest BCUT2D eigenvalue weighted by atomic mass is 32.2. The quantitative estimate of drug-likeness (QED) is 0.512. The van der Waals surface area contributed by atoms with Gasteiger partial charge < -0.3 is 9.30 Å². The Hall–Kier alpha value is -3.12. The first kappa shape index (κ1) is 18.3. The van der Waals surface area contributed by atoms with Crippen LogP contribution in [0.25, 0.3) is 22.0 Å². The molecule has 2 heterocycles. The minimum Gasteiger partial charge on any atom is -0.481 e. The molecule has 0 aliphatic rings. The average Bonchev–Trinajstić information content (AvgIpc) is 3.06. The van der Waals surface area contributed by atoms with Gasteiger partial charge in [0.15, 0.2) is 9.84 Å². The number of hydrogen-bond acceptors (Lipinski definition) is 4. The van der Waals surface area contributed by atoms with E-state index >= 15 is 0 Å². The van der Waals surface area contributed by atoms with E-state index in [1.807, 2.05) is 30.3 Å². The molecule has 0 amide bonds. The van der Waals surface area contributed by atoms with E-state index in [0.29, 0.717) is 17.3 Å². The topological polar surface area (TPSA) is 61.2 Å². The van der Waals surface area contributed by atoms with E-state index in [0.717, 1.165) is 27.6 Å². The van der Waals surface area contributed by atoms with E-state index in [2.05, 4.69) is 27.9 Å². The highest BCUT2D eigenvalue weighted by molar-refractivity contribution is 7.90. The molecule has 0 saturated heterocycles. The van der Waals surface area contributed by atoms with Crippen molar-refractivity contribution in [2.24, 2.45) is 0 Å². The van der Waals surface area contributed by atoms with Gasteiger partial charge in [-0.05, 0) is 29.8 Å². The van der Waals surface area contributed by atoms with Gasteiger partial charge in [0.1, 0.15) is 0 Å². The lowest BCUT2D eigenvalue weighted by atomic mass is 10.1. The largest absolute Gasteiger partial charge is 0.481 e. The first-order valence-electron chi connectivity index (χ1n) is 8.83. The van der Waals surface area contributed by atoms with Crippen molar-refractivity contribution in [2.45, 2.75) is 11.4 Å². The number of hydrogen-bond donors (Lipinski definition) is 0. The second-order valence-electron chi connectivity index (χ2n) is 6.70. The molecule has 0 unspecified atom stereocenters. The number of aromatic nitrogens is 2. The summed E-state index contributed by atoms with van der Waals surface area (Å²) in [7, 11) is -1.64. The van der Waals surface area contributed by atoms with Crippen LogP contribution in [-0.2, 0) is 16.4 Å². The number of methoxy groups -OCH3 is 1. The van der Waals surface area contributed by atoms with Gasteiger partial charge in [-0.3, -0.25) is 0 Å². The summed E-state index contributed by atoms with van der Waals surface area (Å²) in [6.45, 7) is 0.577. The van der Waals surface area contributed by atoms with Crippen LogP contribution < -0.4 is 4.74 Å². The number of benzene rings is 2. The monoisotopic (exact) mass is 392 g/mol. The first-order chi connectivity index (χ1) is 13.5. The summed E-state index contributed by atoms with van der Waals surface area (Å²) >= 11 is 0. The Morgan fingerprint density at radius 2 is 1.86 bits per heavy atom. The summed E-state index contributed by atoms with van der Waals surface area (Å²) in [5.74, 6) is 0.574. The number of rotatable bonds is 5. The summed E-state index contributed by atoms with van der Waals surface area (Å²) < 4.78 is 31.0. The van der Waals surface area contributed by atoms with Gasteiger partial charge in [-0.25, -0.2) is 13.4 Å². The Morgan fingerprint density at radius 3 is 2.57 bits per heavy atom. The molecule has 0 bridgehead atoms. The van der Waals surface area contributed by atoms with Gasteiger partial charge >= 0.3 is 0 Å². The Morgan fingerprint density at radius 1 is 1.04 bits per heavy atom. The van der Waals surface area contributed by atoms with Crippen molar-refractivity contribution in [2.75, 3.05) is 13.4 Å². The normalized spacial score (nSPS) is 11.6. The smallest absolute Gasteiger partial charge is 0.212 e. The SMILES string of the molecule is COc1ccc(-c2cn(Cc3cccc(S(C)(=O)=O)c3)c3ccccc23)cn1. The third-order valence-corrected chi connectivity index (χ3v) is 5.83. The Labute approximate surface area is 164 Å². The average molecular weight is 392 g/mol. The third-order valence-electron chi connectivity index (χ3n) is 4.72. The maximum atomic E-state index is 11.9. The minimum absolute atomic E-state index is 0.334. The zero-order valence-electron chi connectivity index (χ0n) is 15.7. The molecule has 0 fully saturated rings. The third kappa shape index (κ3) is 3.51. The number of fused-ring (bicyclic) bond motifs is 1. The van der Waals surface area contributed by atoms with E-state index in [1.54, 1.807) is 31.5 Å². The minimum atomic E-state index is -3.23. The molecule has 0 saturated carbocycles. The molecule has 2 aromatic heterocycles. The van der Waals surface area contributed by atoms with E-state index in [1.165, 1.54) is 6.26 Å². The number of ether oxygens (including phenoxy) is 1. The van der Waals surface area contributed by atoms with Crippen LogP contribution in [0.2, 0.25) is 0 Å². The van der Waals surface area contributed by atoms with Crippen molar-refractivity contribution in [3.63, 3.8) is 0 Å². The van der Waals surface area contributed by atoms with Gasteiger partial charge in [0.2, 0.25) is 5.88 Å². The molecule has 0 atom stereocenters. The lowest BCUT2D eigenvalue weighted by Gasteiger charge is -2.07. The van der Waals surface area contributed by atoms with E-state index in [9.17, 15) is 8.42 Å². The fourth-order valence-electron chi connectivity index (χ4n) is 3.34. The molecule has 0 radical (unpaired) electrons. The lowest BCUT2D eigenvalue weighted by molar-refractivity contribution is 0.398. The standard InChI is InChI=1S/C22H20N2O3S/c1-27-22-11-10-17(13-23-22)20-15-24(21-9-4-3-8-19(20)21)14-16-6-5-7-18(12-16)28(2,25)26/h3-13,15H,14H2,1-2H3. The molecule has 2 aromatic carbocycles. The van der Waals surface area contributed by atoms with Gasteiger partial charge in [-0.15, -0.1) is 0 Å². The molecular formula is C22H20N2O3S. The maximum absolute atomic E-state index is 11.9. The van der Waals surface area contributed by atoms with E-state index < -0.39 is 9.84 Å². The van der Waals surface area contributed by atoms with E-state index in [4.69, 9.17) is 4.74 Å². The summed E-state index contributed by atoms with van der Waals surface area (Å²) in [6, 6.07) is 19.1. The van der Waals surface area contributed by atoms with Crippen molar-refractivity contribution in [1.82, 2.24) is 9.55 Å². The summed E-state index contributed by atoms with van der Waals surface area (Å²) in [6.07, 6.45) is 5.11. The van der Waals surface area contributed by atoms with E-state index in [-0.39, 0.29) is 0 Å². The fourth-order valence-corrected chi connectivity index (χ4v) is 4.03. The summed E-state index contributed by atoms with van der Waals surface area (Å²) in [5, 5.41) is 1.12. The van der Waals surface area contributed by atoms with Crippen LogP contribution in [0.3, 0.4) is 0 Å². The molecule has 0 spiro atoms. The fraction of sp³-hybridized carbons (Fsp3) is 0.136. The van der Waals surface area contributed by atoms with Crippen molar-refractivity contribution in [3.05, 3.63) is 78.6 Å². The van der Waals surface area contributed by atoms with Crippen LogP contribution in [0.4, 0.5) is 0 Å². The molecule has 5 nitrogen and oxygen atoms in total. The van der Waals surface area contributed by atoms with Gasteiger partial charge in [-0.1, -0.05) is 30.3 Å². The Kier molecular flexibility index (Phi) is 4.65. The van der Waals surface area contributed by atoms with Crippen molar-refractivity contribution in [1.29, 1.82) is 0 Å². The highest BCUT2D eigenvalue weighted by Crippen LogP contribution is 2.31. The summed E-state index contributed by atoms with van der Waals surface area (Å²) in [4.78, 5) is 4.65. The molecular weight excluding hydrogens is 372 g/mol. The molecule has 28 heavy (non-hydrogen) atoms. The number of pyridine rings is 1. The second kappa shape index (κ2) is 7.13. The Bertz CT molecular complexity index is 1240. The van der Waals surface area contributed by atoms with Gasteiger partial charge in [0.05, 0.1) is 12.0 Å². The second-order valence-corrected chi connectivity index (χ2v) is 8.71. The molecule has 0 aliphatic heterocycles. The number of para-hydroxylation sites is 1. The van der Waals surface area contributed by atoms with Crippen LogP contribution in [0.15, 0.2) is 78.0 Å². The van der Waals surface area contributed by atoms with Gasteiger partial charge in [-0.2, -0.15) is 0 Å².